The van der Waals surface area contributed by atoms with Crippen molar-refractivity contribution in [2.45, 2.75) is 29.1 Å². The van der Waals surface area contributed by atoms with Gasteiger partial charge >= 0.3 is 0 Å². The lowest BCUT2D eigenvalue weighted by Gasteiger charge is -2.34. The molecule has 1 aromatic heterocycles. The lowest BCUT2D eigenvalue weighted by molar-refractivity contribution is 0.282. The van der Waals surface area contributed by atoms with Gasteiger partial charge in [0.25, 0.3) is 0 Å². The molecule has 134 valence electrons. The van der Waals surface area contributed by atoms with Crippen molar-refractivity contribution in [3.63, 3.8) is 0 Å². The van der Waals surface area contributed by atoms with Gasteiger partial charge in [-0.15, -0.1) is 11.8 Å². The number of allylic oxidation sites excluding steroid dienone is 4. The Bertz CT molecular complexity index is 1000. The predicted octanol–water partition coefficient (Wildman–Crippen LogP) is 4.10. The van der Waals surface area contributed by atoms with Crippen LogP contribution in [-0.2, 0) is 10.0 Å². The quantitative estimate of drug-likeness (QED) is 0.806. The number of hydrogen-bond acceptors (Lipinski definition) is 4. The highest BCUT2D eigenvalue weighted by molar-refractivity contribution is 7.98. The van der Waals surface area contributed by atoms with Crippen molar-refractivity contribution < 1.29 is 8.42 Å². The van der Waals surface area contributed by atoms with E-state index in [-0.39, 0.29) is 10.3 Å². The first-order chi connectivity index (χ1) is 12.4. The predicted molar refractivity (Wildman–Crippen MR) is 106 cm³/mol. The Labute approximate surface area is 158 Å². The molecule has 0 aliphatic heterocycles. The highest BCUT2D eigenvalue weighted by Gasteiger charge is 2.38. The molecule has 0 saturated heterocycles. The molecule has 0 atom stereocenters. The van der Waals surface area contributed by atoms with E-state index in [0.717, 1.165) is 40.1 Å². The Morgan fingerprint density at radius 1 is 1.04 bits per heavy atom. The second-order valence-corrected chi connectivity index (χ2v) is 9.30. The Balaban J connectivity index is 1.75. The molecule has 1 aromatic carbocycles. The first kappa shape index (κ1) is 17.5. The maximum atomic E-state index is 11.5. The van der Waals surface area contributed by atoms with E-state index in [2.05, 4.69) is 29.3 Å². The average molecular weight is 385 g/mol. The molecule has 26 heavy (non-hydrogen) atoms. The summed E-state index contributed by atoms with van der Waals surface area (Å²) in [6.45, 7) is 0. The fraction of sp³-hybridized carbons (Fsp3) is 0.250. The highest BCUT2D eigenvalue weighted by Crippen LogP contribution is 2.53. The Kier molecular flexibility index (Phi) is 4.29. The molecular weight excluding hydrogens is 364 g/mol. The van der Waals surface area contributed by atoms with Gasteiger partial charge in [-0.25, -0.2) is 13.6 Å². The minimum absolute atomic E-state index is 0.128. The number of nitrogens with two attached hydrogens (primary N) is 1. The number of aromatic nitrogens is 1. The van der Waals surface area contributed by atoms with Crippen LogP contribution in [0.3, 0.4) is 0 Å². The van der Waals surface area contributed by atoms with Crippen molar-refractivity contribution in [3.05, 3.63) is 66.0 Å². The van der Waals surface area contributed by atoms with Crippen LogP contribution in [-0.4, -0.2) is 19.7 Å². The molecule has 1 spiro atoms. The van der Waals surface area contributed by atoms with E-state index in [4.69, 9.17) is 5.14 Å². The monoisotopic (exact) mass is 384 g/mol. The molecule has 2 aliphatic rings. The minimum Gasteiger partial charge on any atom is -0.255 e. The van der Waals surface area contributed by atoms with Gasteiger partial charge in [-0.1, -0.05) is 30.7 Å². The van der Waals surface area contributed by atoms with Crippen molar-refractivity contribution >= 4 is 32.9 Å². The van der Waals surface area contributed by atoms with Crippen LogP contribution < -0.4 is 5.14 Å². The van der Waals surface area contributed by atoms with E-state index in [1.807, 2.05) is 24.6 Å². The summed E-state index contributed by atoms with van der Waals surface area (Å²) in [5.41, 5.74) is 4.32. The van der Waals surface area contributed by atoms with Crippen molar-refractivity contribution in [1.29, 1.82) is 0 Å². The first-order valence-corrected chi connectivity index (χ1v) is 11.3. The summed E-state index contributed by atoms with van der Waals surface area (Å²) in [4.78, 5) is 5.91. The van der Waals surface area contributed by atoms with Gasteiger partial charge in [0.2, 0.25) is 10.0 Å². The van der Waals surface area contributed by atoms with Crippen LogP contribution in [0, 0.1) is 5.41 Å². The van der Waals surface area contributed by atoms with Crippen LogP contribution in [0.2, 0.25) is 0 Å². The maximum Gasteiger partial charge on any atom is 0.238 e. The van der Waals surface area contributed by atoms with Crippen molar-refractivity contribution in [1.82, 2.24) is 4.98 Å². The minimum atomic E-state index is -3.68. The van der Waals surface area contributed by atoms with E-state index in [9.17, 15) is 8.42 Å². The third kappa shape index (κ3) is 3.13. The molecule has 0 amide bonds. The lowest BCUT2D eigenvalue weighted by atomic mass is 9.70. The number of benzene rings is 1. The molecule has 1 saturated carbocycles. The van der Waals surface area contributed by atoms with Crippen LogP contribution in [0.15, 0.2) is 64.5 Å². The van der Waals surface area contributed by atoms with E-state index < -0.39 is 10.0 Å². The molecule has 0 radical (unpaired) electrons. The zero-order valence-electron chi connectivity index (χ0n) is 14.5. The van der Waals surface area contributed by atoms with Gasteiger partial charge in [0.15, 0.2) is 0 Å². The summed E-state index contributed by atoms with van der Waals surface area (Å²) in [5.74, 6) is 0. The second-order valence-electron chi connectivity index (χ2n) is 6.86. The Morgan fingerprint density at radius 3 is 2.23 bits per heavy atom. The Hall–Kier alpha value is -1.89. The fourth-order valence-corrected chi connectivity index (χ4v) is 4.46. The van der Waals surface area contributed by atoms with Crippen LogP contribution in [0.1, 0.15) is 30.5 Å². The van der Waals surface area contributed by atoms with Crippen LogP contribution >= 0.6 is 11.8 Å². The molecule has 2 aliphatic carbocycles. The topological polar surface area (TPSA) is 73.1 Å². The standard InChI is InChI=1S/C20H20N2O2S2/c1-25-15-5-8-19(22-13-15)18-12-20(9-2-10-20)11-17(18)14-3-6-16(7-4-14)26(21,23)24/h3-8,11-13H,2,9-10H2,1H3,(H2,21,23,24). The lowest BCUT2D eigenvalue weighted by Crippen LogP contribution is -2.22. The third-order valence-electron chi connectivity index (χ3n) is 5.18. The summed E-state index contributed by atoms with van der Waals surface area (Å²) in [6.07, 6.45) is 12.1. The fourth-order valence-electron chi connectivity index (χ4n) is 3.58. The van der Waals surface area contributed by atoms with Crippen molar-refractivity contribution in [2.24, 2.45) is 10.6 Å². The molecular formula is C20H20N2O2S2. The summed E-state index contributed by atoms with van der Waals surface area (Å²) >= 11 is 1.67. The van der Waals surface area contributed by atoms with Gasteiger partial charge in [0.1, 0.15) is 0 Å². The molecule has 1 fully saturated rings. The zero-order chi connectivity index (χ0) is 18.4. The van der Waals surface area contributed by atoms with E-state index in [1.165, 1.54) is 6.42 Å². The maximum absolute atomic E-state index is 11.5. The second kappa shape index (κ2) is 6.37. The number of hydrogen-bond donors (Lipinski definition) is 1. The molecule has 2 aromatic rings. The molecule has 6 heteroatoms. The third-order valence-corrected chi connectivity index (χ3v) is 6.82. The molecule has 4 nitrogen and oxygen atoms in total. The van der Waals surface area contributed by atoms with Gasteiger partial charge in [-0.3, -0.25) is 4.98 Å². The number of pyridine rings is 1. The van der Waals surface area contributed by atoms with Gasteiger partial charge in [0, 0.05) is 22.1 Å². The number of primary sulfonamides is 1. The van der Waals surface area contributed by atoms with Crippen LogP contribution in [0.25, 0.3) is 11.1 Å². The number of nitrogens with zero attached hydrogens (tertiary/aromatic N) is 1. The van der Waals surface area contributed by atoms with Gasteiger partial charge in [-0.2, -0.15) is 0 Å². The number of sulfonamides is 1. The summed E-state index contributed by atoms with van der Waals surface area (Å²) in [5, 5.41) is 5.21. The summed E-state index contributed by atoms with van der Waals surface area (Å²) < 4.78 is 23.0. The SMILES string of the molecule is CSc1ccc(C2=CC3(C=C2c2ccc(S(N)(=O)=O)cc2)CCC3)nc1. The number of thioether (sulfide) groups is 1. The zero-order valence-corrected chi connectivity index (χ0v) is 16.1. The van der Waals surface area contributed by atoms with Crippen LogP contribution in [0.5, 0.6) is 0 Å². The summed E-state index contributed by atoms with van der Waals surface area (Å²) in [7, 11) is -3.68. The van der Waals surface area contributed by atoms with Gasteiger partial charge in [-0.05, 0) is 54.5 Å². The molecule has 2 N–H and O–H groups in total. The van der Waals surface area contributed by atoms with Crippen LogP contribution in [0.4, 0.5) is 0 Å². The van der Waals surface area contributed by atoms with Crippen molar-refractivity contribution in [2.75, 3.05) is 6.26 Å². The molecule has 4 rings (SSSR count). The average Bonchev–Trinajstić information content (AvgIpc) is 3.03. The van der Waals surface area contributed by atoms with Gasteiger partial charge < -0.3 is 0 Å². The van der Waals surface area contributed by atoms with Crippen molar-refractivity contribution in [3.8, 4) is 0 Å². The smallest absolute Gasteiger partial charge is 0.238 e. The van der Waals surface area contributed by atoms with Gasteiger partial charge in [0.05, 0.1) is 10.6 Å². The molecule has 1 heterocycles. The Morgan fingerprint density at radius 2 is 1.73 bits per heavy atom. The first-order valence-electron chi connectivity index (χ1n) is 8.50. The highest BCUT2D eigenvalue weighted by atomic mass is 32.2. The van der Waals surface area contributed by atoms with E-state index in [1.54, 1.807) is 23.9 Å². The number of rotatable bonds is 4. The normalized spacial score (nSPS) is 18.4. The summed E-state index contributed by atoms with van der Waals surface area (Å²) in [6, 6.07) is 10.9. The van der Waals surface area contributed by atoms with E-state index in [0.29, 0.717) is 0 Å². The van der Waals surface area contributed by atoms with E-state index >= 15 is 0 Å². The largest absolute Gasteiger partial charge is 0.255 e. The molecule has 0 bridgehead atoms. The molecule has 0 unspecified atom stereocenters.